The monoisotopic (exact) mass is 217 g/mol. The second kappa shape index (κ2) is 5.15. The second-order valence-corrected chi connectivity index (χ2v) is 4.41. The van der Waals surface area contributed by atoms with Gasteiger partial charge in [0.05, 0.1) is 0 Å². The zero-order chi connectivity index (χ0) is 11.4. The lowest BCUT2D eigenvalue weighted by molar-refractivity contribution is 0.0759. The predicted molar refractivity (Wildman–Crippen MR) is 65.6 cm³/mol. The third-order valence-corrected chi connectivity index (χ3v) is 3.19. The Balaban J connectivity index is 2.20. The number of aryl methyl sites for hydroxylation is 1. The number of carbonyl (C=O) groups excluding carboxylic acids is 1. The number of amides is 1. The molecule has 1 heterocycles. The molecule has 16 heavy (non-hydrogen) atoms. The van der Waals surface area contributed by atoms with Gasteiger partial charge in [-0.2, -0.15) is 0 Å². The largest absolute Gasteiger partial charge is 0.339 e. The van der Waals surface area contributed by atoms with Gasteiger partial charge >= 0.3 is 0 Å². The maximum Gasteiger partial charge on any atom is 0.254 e. The molecule has 0 bridgehead atoms. The standard InChI is InChI=1S/C14H19NO/c1-2-3-10-15-11-6-8-12-7-4-5-9-13(12)14(15)16/h4-5,7,9H,2-3,6,8,10-11H2,1H3. The molecular formula is C14H19NO. The zero-order valence-corrected chi connectivity index (χ0v) is 9.91. The minimum absolute atomic E-state index is 0.224. The van der Waals surface area contributed by atoms with Crippen LogP contribution in [0, 0.1) is 0 Å². The highest BCUT2D eigenvalue weighted by molar-refractivity contribution is 5.96. The lowest BCUT2D eigenvalue weighted by Gasteiger charge is -2.20. The summed E-state index contributed by atoms with van der Waals surface area (Å²) in [5.74, 6) is 0.224. The number of benzene rings is 1. The summed E-state index contributed by atoms with van der Waals surface area (Å²) >= 11 is 0. The minimum Gasteiger partial charge on any atom is -0.339 e. The molecule has 0 saturated heterocycles. The first kappa shape index (κ1) is 11.2. The Bertz CT molecular complexity index is 371. The van der Waals surface area contributed by atoms with Gasteiger partial charge < -0.3 is 4.90 Å². The van der Waals surface area contributed by atoms with Crippen molar-refractivity contribution in [3.63, 3.8) is 0 Å². The molecule has 0 radical (unpaired) electrons. The van der Waals surface area contributed by atoms with Crippen LogP contribution >= 0.6 is 0 Å². The Morgan fingerprint density at radius 3 is 2.94 bits per heavy atom. The van der Waals surface area contributed by atoms with E-state index in [0.29, 0.717) is 0 Å². The molecule has 2 rings (SSSR count). The van der Waals surface area contributed by atoms with Crippen LogP contribution in [0.4, 0.5) is 0 Å². The number of fused-ring (bicyclic) bond motifs is 1. The average Bonchev–Trinajstić information content (AvgIpc) is 2.47. The normalized spacial score (nSPS) is 15.8. The molecule has 0 spiro atoms. The first-order chi connectivity index (χ1) is 7.83. The molecule has 1 amide bonds. The number of carbonyl (C=O) groups is 1. The van der Waals surface area contributed by atoms with Crippen molar-refractivity contribution in [3.05, 3.63) is 35.4 Å². The van der Waals surface area contributed by atoms with E-state index in [1.165, 1.54) is 5.56 Å². The van der Waals surface area contributed by atoms with Gasteiger partial charge in [-0.3, -0.25) is 4.79 Å². The molecule has 0 saturated carbocycles. The average molecular weight is 217 g/mol. The summed E-state index contributed by atoms with van der Waals surface area (Å²) in [7, 11) is 0. The highest BCUT2D eigenvalue weighted by Gasteiger charge is 2.20. The number of unbranched alkanes of at least 4 members (excludes halogenated alkanes) is 1. The van der Waals surface area contributed by atoms with Crippen LogP contribution in [0.3, 0.4) is 0 Å². The van der Waals surface area contributed by atoms with Crippen LogP contribution < -0.4 is 0 Å². The lowest BCUT2D eigenvalue weighted by Crippen LogP contribution is -2.31. The van der Waals surface area contributed by atoms with Crippen molar-refractivity contribution in [2.45, 2.75) is 32.6 Å². The van der Waals surface area contributed by atoms with Gasteiger partial charge in [0, 0.05) is 18.7 Å². The molecule has 86 valence electrons. The van der Waals surface area contributed by atoms with E-state index >= 15 is 0 Å². The van der Waals surface area contributed by atoms with Crippen molar-refractivity contribution < 1.29 is 4.79 Å². The SMILES string of the molecule is CCCCN1CCCc2ccccc2C1=O. The third-order valence-electron chi connectivity index (χ3n) is 3.19. The third kappa shape index (κ3) is 2.26. The molecule has 2 nitrogen and oxygen atoms in total. The molecule has 1 aromatic rings. The summed E-state index contributed by atoms with van der Waals surface area (Å²) in [6.07, 6.45) is 4.37. The Morgan fingerprint density at radius 1 is 1.31 bits per heavy atom. The van der Waals surface area contributed by atoms with Crippen molar-refractivity contribution in [3.8, 4) is 0 Å². The quantitative estimate of drug-likeness (QED) is 0.762. The van der Waals surface area contributed by atoms with Crippen LogP contribution in [0.15, 0.2) is 24.3 Å². The molecule has 0 unspecified atom stereocenters. The van der Waals surface area contributed by atoms with E-state index in [2.05, 4.69) is 13.0 Å². The van der Waals surface area contributed by atoms with E-state index in [-0.39, 0.29) is 5.91 Å². The van der Waals surface area contributed by atoms with Crippen molar-refractivity contribution in [2.24, 2.45) is 0 Å². The molecule has 0 aliphatic carbocycles. The van der Waals surface area contributed by atoms with Crippen LogP contribution in [0.25, 0.3) is 0 Å². The van der Waals surface area contributed by atoms with Gasteiger partial charge in [0.15, 0.2) is 0 Å². The highest BCUT2D eigenvalue weighted by atomic mass is 16.2. The summed E-state index contributed by atoms with van der Waals surface area (Å²) < 4.78 is 0. The fourth-order valence-corrected chi connectivity index (χ4v) is 2.24. The molecule has 2 heteroatoms. The molecular weight excluding hydrogens is 198 g/mol. The summed E-state index contributed by atoms with van der Waals surface area (Å²) in [5.41, 5.74) is 2.13. The Morgan fingerprint density at radius 2 is 2.12 bits per heavy atom. The summed E-state index contributed by atoms with van der Waals surface area (Å²) in [6, 6.07) is 8.02. The summed E-state index contributed by atoms with van der Waals surface area (Å²) in [5, 5.41) is 0. The van der Waals surface area contributed by atoms with Crippen molar-refractivity contribution >= 4 is 5.91 Å². The van der Waals surface area contributed by atoms with Crippen LogP contribution in [0.5, 0.6) is 0 Å². The lowest BCUT2D eigenvalue weighted by atomic mass is 10.0. The van der Waals surface area contributed by atoms with Crippen LogP contribution in [-0.2, 0) is 6.42 Å². The molecule has 0 N–H and O–H groups in total. The van der Waals surface area contributed by atoms with Crippen molar-refractivity contribution in [2.75, 3.05) is 13.1 Å². The zero-order valence-electron chi connectivity index (χ0n) is 9.91. The Labute approximate surface area is 97.3 Å². The molecule has 1 aromatic carbocycles. The summed E-state index contributed by atoms with van der Waals surface area (Å²) in [6.45, 7) is 3.98. The minimum atomic E-state index is 0.224. The molecule has 0 aromatic heterocycles. The molecule has 1 aliphatic heterocycles. The van der Waals surface area contributed by atoms with Crippen molar-refractivity contribution in [1.82, 2.24) is 4.90 Å². The molecule has 0 fully saturated rings. The van der Waals surface area contributed by atoms with Gasteiger partial charge in [0.2, 0.25) is 0 Å². The summed E-state index contributed by atoms with van der Waals surface area (Å²) in [4.78, 5) is 14.3. The fraction of sp³-hybridized carbons (Fsp3) is 0.500. The molecule has 1 aliphatic rings. The van der Waals surface area contributed by atoms with E-state index in [0.717, 1.165) is 44.3 Å². The van der Waals surface area contributed by atoms with Crippen LogP contribution in [0.2, 0.25) is 0 Å². The van der Waals surface area contributed by atoms with E-state index in [1.807, 2.05) is 23.1 Å². The van der Waals surface area contributed by atoms with Gasteiger partial charge in [-0.15, -0.1) is 0 Å². The van der Waals surface area contributed by atoms with E-state index in [4.69, 9.17) is 0 Å². The van der Waals surface area contributed by atoms with Gasteiger partial charge in [0.1, 0.15) is 0 Å². The van der Waals surface area contributed by atoms with E-state index < -0.39 is 0 Å². The topological polar surface area (TPSA) is 20.3 Å². The van der Waals surface area contributed by atoms with Gasteiger partial charge in [0.25, 0.3) is 5.91 Å². The predicted octanol–water partition coefficient (Wildman–Crippen LogP) is 2.88. The first-order valence-electron chi connectivity index (χ1n) is 6.20. The van der Waals surface area contributed by atoms with E-state index in [9.17, 15) is 4.79 Å². The van der Waals surface area contributed by atoms with Crippen molar-refractivity contribution in [1.29, 1.82) is 0 Å². The van der Waals surface area contributed by atoms with Crippen LogP contribution in [-0.4, -0.2) is 23.9 Å². The number of rotatable bonds is 3. The fourth-order valence-electron chi connectivity index (χ4n) is 2.24. The highest BCUT2D eigenvalue weighted by Crippen LogP contribution is 2.18. The van der Waals surface area contributed by atoms with Gasteiger partial charge in [-0.05, 0) is 30.9 Å². The number of hydrogen-bond donors (Lipinski definition) is 0. The number of hydrogen-bond acceptors (Lipinski definition) is 1. The maximum atomic E-state index is 12.3. The van der Waals surface area contributed by atoms with E-state index in [1.54, 1.807) is 0 Å². The molecule has 0 atom stereocenters. The second-order valence-electron chi connectivity index (χ2n) is 4.41. The van der Waals surface area contributed by atoms with Gasteiger partial charge in [-0.1, -0.05) is 31.5 Å². The smallest absolute Gasteiger partial charge is 0.254 e. The first-order valence-corrected chi connectivity index (χ1v) is 6.20. The van der Waals surface area contributed by atoms with Crippen LogP contribution in [0.1, 0.15) is 42.1 Å². The maximum absolute atomic E-state index is 12.3. The Kier molecular flexibility index (Phi) is 3.60. The Hall–Kier alpha value is -1.31. The van der Waals surface area contributed by atoms with Gasteiger partial charge in [-0.25, -0.2) is 0 Å². The number of nitrogens with zero attached hydrogens (tertiary/aromatic N) is 1.